The minimum Gasteiger partial charge on any atom is -0.352 e. The number of aryl methyl sites for hydroxylation is 1. The number of hydrogen-bond acceptors (Lipinski definition) is 4. The predicted octanol–water partition coefficient (Wildman–Crippen LogP) is 2.72. The summed E-state index contributed by atoms with van der Waals surface area (Å²) in [5, 5.41) is 14.8. The van der Waals surface area contributed by atoms with Gasteiger partial charge in [-0.1, -0.05) is 29.5 Å². The van der Waals surface area contributed by atoms with Gasteiger partial charge in [-0.05, 0) is 61.6 Å². The highest BCUT2D eigenvalue weighted by Crippen LogP contribution is 2.23. The van der Waals surface area contributed by atoms with Gasteiger partial charge in [0.2, 0.25) is 0 Å². The standard InChI is InChI=1S/C21H25N5O/c27-21(17-10-8-16(9-11-17)18-5-3-12-22-15-18)23-13-4-14-26-20-7-2-1-6-19(20)24-25-26/h1-2,6-11,18,22H,3-5,12-15H2,(H,23,27)/t18-/m1/s1. The predicted molar refractivity (Wildman–Crippen MR) is 106 cm³/mol. The van der Waals surface area contributed by atoms with Crippen LogP contribution in [0.4, 0.5) is 0 Å². The molecule has 0 bridgehead atoms. The Morgan fingerprint density at radius 2 is 2.04 bits per heavy atom. The second kappa shape index (κ2) is 8.31. The van der Waals surface area contributed by atoms with Crippen LogP contribution in [-0.2, 0) is 6.54 Å². The molecule has 6 heteroatoms. The van der Waals surface area contributed by atoms with E-state index in [-0.39, 0.29) is 5.91 Å². The summed E-state index contributed by atoms with van der Waals surface area (Å²) in [6, 6.07) is 16.0. The van der Waals surface area contributed by atoms with Gasteiger partial charge in [-0.15, -0.1) is 5.10 Å². The highest BCUT2D eigenvalue weighted by molar-refractivity contribution is 5.94. The van der Waals surface area contributed by atoms with Crippen molar-refractivity contribution in [2.45, 2.75) is 31.7 Å². The van der Waals surface area contributed by atoms with Crippen molar-refractivity contribution < 1.29 is 4.79 Å². The average molecular weight is 363 g/mol. The lowest BCUT2D eigenvalue weighted by molar-refractivity contribution is 0.0952. The van der Waals surface area contributed by atoms with E-state index < -0.39 is 0 Å². The van der Waals surface area contributed by atoms with Crippen LogP contribution in [0.25, 0.3) is 11.0 Å². The van der Waals surface area contributed by atoms with Gasteiger partial charge in [-0.2, -0.15) is 0 Å². The largest absolute Gasteiger partial charge is 0.352 e. The number of nitrogens with zero attached hydrogens (tertiary/aromatic N) is 3. The zero-order valence-corrected chi connectivity index (χ0v) is 15.4. The Hall–Kier alpha value is -2.73. The van der Waals surface area contributed by atoms with Crippen LogP contribution in [0.5, 0.6) is 0 Å². The monoisotopic (exact) mass is 363 g/mol. The fourth-order valence-corrected chi connectivity index (χ4v) is 3.66. The van der Waals surface area contributed by atoms with Gasteiger partial charge < -0.3 is 10.6 Å². The molecule has 1 aliphatic heterocycles. The zero-order valence-electron chi connectivity index (χ0n) is 15.4. The smallest absolute Gasteiger partial charge is 0.251 e. The van der Waals surface area contributed by atoms with Crippen molar-refractivity contribution in [3.63, 3.8) is 0 Å². The highest BCUT2D eigenvalue weighted by Gasteiger charge is 2.15. The Bertz CT molecular complexity index is 896. The van der Waals surface area contributed by atoms with E-state index >= 15 is 0 Å². The third kappa shape index (κ3) is 4.17. The molecule has 27 heavy (non-hydrogen) atoms. The first kappa shape index (κ1) is 17.7. The number of para-hydroxylation sites is 1. The number of carbonyl (C=O) groups is 1. The first-order chi connectivity index (χ1) is 13.3. The van der Waals surface area contributed by atoms with Crippen molar-refractivity contribution in [3.05, 3.63) is 59.7 Å². The van der Waals surface area contributed by atoms with Crippen LogP contribution in [0.15, 0.2) is 48.5 Å². The number of piperidine rings is 1. The lowest BCUT2D eigenvalue weighted by Gasteiger charge is -2.23. The molecule has 1 fully saturated rings. The molecule has 2 aromatic carbocycles. The van der Waals surface area contributed by atoms with E-state index in [4.69, 9.17) is 0 Å². The van der Waals surface area contributed by atoms with Crippen LogP contribution in [0.1, 0.15) is 41.1 Å². The second-order valence-electron chi connectivity index (χ2n) is 7.08. The number of fused-ring (bicyclic) bond motifs is 1. The maximum atomic E-state index is 12.3. The maximum Gasteiger partial charge on any atom is 0.251 e. The van der Waals surface area contributed by atoms with E-state index in [9.17, 15) is 4.79 Å². The fraction of sp³-hybridized carbons (Fsp3) is 0.381. The minimum absolute atomic E-state index is 0.0215. The molecule has 0 aliphatic carbocycles. The number of hydrogen-bond donors (Lipinski definition) is 2. The second-order valence-corrected chi connectivity index (χ2v) is 7.08. The highest BCUT2D eigenvalue weighted by atomic mass is 16.1. The van der Waals surface area contributed by atoms with Crippen LogP contribution >= 0.6 is 0 Å². The molecule has 0 spiro atoms. The van der Waals surface area contributed by atoms with Crippen molar-refractivity contribution in [1.29, 1.82) is 0 Å². The van der Waals surface area contributed by atoms with Crippen molar-refractivity contribution in [2.24, 2.45) is 0 Å². The van der Waals surface area contributed by atoms with E-state index in [0.717, 1.165) is 37.1 Å². The van der Waals surface area contributed by atoms with E-state index in [2.05, 4.69) is 33.1 Å². The average Bonchev–Trinajstić information content (AvgIpc) is 3.15. The number of carbonyl (C=O) groups excluding carboxylic acids is 1. The van der Waals surface area contributed by atoms with E-state index in [1.165, 1.54) is 18.4 Å². The molecule has 2 heterocycles. The molecular formula is C21H25N5O. The molecule has 0 saturated carbocycles. The lowest BCUT2D eigenvalue weighted by Crippen LogP contribution is -2.28. The van der Waals surface area contributed by atoms with Crippen LogP contribution in [0.3, 0.4) is 0 Å². The van der Waals surface area contributed by atoms with Crippen molar-refractivity contribution in [2.75, 3.05) is 19.6 Å². The molecule has 0 unspecified atom stereocenters. The Kier molecular flexibility index (Phi) is 5.44. The molecular weight excluding hydrogens is 338 g/mol. The van der Waals surface area contributed by atoms with Gasteiger partial charge in [0, 0.05) is 25.2 Å². The van der Waals surface area contributed by atoms with Gasteiger partial charge in [0.05, 0.1) is 5.52 Å². The summed E-state index contributed by atoms with van der Waals surface area (Å²) >= 11 is 0. The molecule has 1 saturated heterocycles. The van der Waals surface area contributed by atoms with Crippen molar-refractivity contribution in [1.82, 2.24) is 25.6 Å². The number of rotatable bonds is 6. The summed E-state index contributed by atoms with van der Waals surface area (Å²) < 4.78 is 1.88. The summed E-state index contributed by atoms with van der Waals surface area (Å²) in [6.45, 7) is 3.49. The van der Waals surface area contributed by atoms with E-state index in [1.807, 2.05) is 41.1 Å². The summed E-state index contributed by atoms with van der Waals surface area (Å²) in [4.78, 5) is 12.3. The van der Waals surface area contributed by atoms with E-state index in [1.54, 1.807) is 0 Å². The first-order valence-electron chi connectivity index (χ1n) is 9.68. The quantitative estimate of drug-likeness (QED) is 0.661. The van der Waals surface area contributed by atoms with Gasteiger partial charge in [-0.3, -0.25) is 4.79 Å². The summed E-state index contributed by atoms with van der Waals surface area (Å²) in [5.41, 5.74) is 3.96. The minimum atomic E-state index is -0.0215. The Labute approximate surface area is 159 Å². The third-order valence-corrected chi connectivity index (χ3v) is 5.19. The fourth-order valence-electron chi connectivity index (χ4n) is 3.66. The molecule has 1 aromatic heterocycles. The molecule has 1 amide bonds. The molecule has 6 nitrogen and oxygen atoms in total. The number of aromatic nitrogens is 3. The molecule has 1 atom stereocenters. The summed E-state index contributed by atoms with van der Waals surface area (Å²) in [6.07, 6.45) is 3.24. The lowest BCUT2D eigenvalue weighted by atomic mass is 9.91. The normalized spacial score (nSPS) is 17.1. The van der Waals surface area contributed by atoms with E-state index in [0.29, 0.717) is 18.0 Å². The van der Waals surface area contributed by atoms with Crippen LogP contribution in [-0.4, -0.2) is 40.5 Å². The van der Waals surface area contributed by atoms with Gasteiger partial charge in [-0.25, -0.2) is 4.68 Å². The zero-order chi connectivity index (χ0) is 18.5. The van der Waals surface area contributed by atoms with Gasteiger partial charge >= 0.3 is 0 Å². The SMILES string of the molecule is O=C(NCCCn1nnc2ccccc21)c1ccc([C@@H]2CCCNC2)cc1. The molecule has 4 rings (SSSR count). The number of amides is 1. The van der Waals surface area contributed by atoms with Crippen LogP contribution in [0, 0.1) is 0 Å². The van der Waals surface area contributed by atoms with Gasteiger partial charge in [0.1, 0.15) is 5.52 Å². The molecule has 140 valence electrons. The molecule has 3 aromatic rings. The first-order valence-corrected chi connectivity index (χ1v) is 9.68. The maximum absolute atomic E-state index is 12.3. The molecule has 1 aliphatic rings. The topological polar surface area (TPSA) is 71.8 Å². The summed E-state index contributed by atoms with van der Waals surface area (Å²) in [5.74, 6) is 0.542. The van der Waals surface area contributed by atoms with Gasteiger partial charge in [0.25, 0.3) is 5.91 Å². The third-order valence-electron chi connectivity index (χ3n) is 5.19. The Morgan fingerprint density at radius 1 is 1.19 bits per heavy atom. The Morgan fingerprint density at radius 3 is 2.85 bits per heavy atom. The molecule has 0 radical (unpaired) electrons. The van der Waals surface area contributed by atoms with Crippen molar-refractivity contribution >= 4 is 16.9 Å². The number of nitrogens with one attached hydrogen (secondary N) is 2. The summed E-state index contributed by atoms with van der Waals surface area (Å²) in [7, 11) is 0. The van der Waals surface area contributed by atoms with Gasteiger partial charge in [0.15, 0.2) is 0 Å². The van der Waals surface area contributed by atoms with Crippen LogP contribution < -0.4 is 10.6 Å². The van der Waals surface area contributed by atoms with Crippen LogP contribution in [0.2, 0.25) is 0 Å². The Balaban J connectivity index is 1.26. The number of benzene rings is 2. The molecule has 2 N–H and O–H groups in total. The van der Waals surface area contributed by atoms with Crippen molar-refractivity contribution in [3.8, 4) is 0 Å².